The summed E-state index contributed by atoms with van der Waals surface area (Å²) >= 11 is 0. The topological polar surface area (TPSA) is 15.6 Å². The van der Waals surface area contributed by atoms with Gasteiger partial charge in [-0.2, -0.15) is 0 Å². The first-order chi connectivity index (χ1) is 6.52. The van der Waals surface area contributed by atoms with Gasteiger partial charge in [-0.15, -0.1) is 0 Å². The molecule has 0 rings (SSSR count). The van der Waals surface area contributed by atoms with Crippen LogP contribution in [-0.4, -0.2) is 35.6 Å². The van der Waals surface area contributed by atoms with Crippen LogP contribution in [0.4, 0.5) is 0 Å². The summed E-state index contributed by atoms with van der Waals surface area (Å²) in [6.07, 6.45) is 4.47. The SMILES string of the molecule is CCP(CC)/N=C/N(C(C)C)C(C)C. The van der Waals surface area contributed by atoms with E-state index in [0.717, 1.165) is 0 Å². The first-order valence-electron chi connectivity index (χ1n) is 5.59. The molecule has 0 heterocycles. The molecule has 0 atom stereocenters. The van der Waals surface area contributed by atoms with E-state index in [1.54, 1.807) is 0 Å². The third-order valence-corrected chi connectivity index (χ3v) is 4.16. The van der Waals surface area contributed by atoms with Crippen LogP contribution in [0.2, 0.25) is 0 Å². The Morgan fingerprint density at radius 2 is 1.50 bits per heavy atom. The van der Waals surface area contributed by atoms with Crippen molar-refractivity contribution in [3.63, 3.8) is 0 Å². The monoisotopic (exact) mass is 216 g/mol. The van der Waals surface area contributed by atoms with Crippen molar-refractivity contribution in [1.29, 1.82) is 0 Å². The molecule has 0 aromatic heterocycles. The quantitative estimate of drug-likeness (QED) is 0.376. The van der Waals surface area contributed by atoms with Gasteiger partial charge in [-0.3, -0.25) is 4.76 Å². The highest BCUT2D eigenvalue weighted by atomic mass is 31.1. The van der Waals surface area contributed by atoms with Crippen molar-refractivity contribution in [3.05, 3.63) is 0 Å². The molecule has 0 radical (unpaired) electrons. The van der Waals surface area contributed by atoms with Crippen molar-refractivity contribution in [1.82, 2.24) is 4.90 Å². The summed E-state index contributed by atoms with van der Waals surface area (Å²) in [4.78, 5) is 2.32. The number of rotatable bonds is 6. The Kier molecular flexibility index (Phi) is 7.17. The Morgan fingerprint density at radius 3 is 1.79 bits per heavy atom. The third kappa shape index (κ3) is 4.95. The summed E-state index contributed by atoms with van der Waals surface area (Å²) in [6.45, 7) is 13.3. The predicted octanol–water partition coefficient (Wildman–Crippen LogP) is 3.57. The molecule has 14 heavy (non-hydrogen) atoms. The Balaban J connectivity index is 4.27. The van der Waals surface area contributed by atoms with Gasteiger partial charge >= 0.3 is 0 Å². The zero-order valence-electron chi connectivity index (χ0n) is 10.5. The van der Waals surface area contributed by atoms with Crippen LogP contribution in [0, 0.1) is 0 Å². The van der Waals surface area contributed by atoms with Crippen molar-refractivity contribution in [2.45, 2.75) is 53.6 Å². The molecule has 84 valence electrons. The molecule has 0 unspecified atom stereocenters. The second-order valence-electron chi connectivity index (χ2n) is 4.00. The van der Waals surface area contributed by atoms with E-state index in [1.165, 1.54) is 12.3 Å². The second-order valence-corrected chi connectivity index (χ2v) is 6.51. The first kappa shape index (κ1) is 13.9. The fourth-order valence-corrected chi connectivity index (χ4v) is 2.42. The Morgan fingerprint density at radius 1 is 1.07 bits per heavy atom. The Bertz CT molecular complexity index is 155. The van der Waals surface area contributed by atoms with E-state index in [9.17, 15) is 0 Å². The van der Waals surface area contributed by atoms with Crippen molar-refractivity contribution in [3.8, 4) is 0 Å². The molecule has 0 N–H and O–H groups in total. The summed E-state index contributed by atoms with van der Waals surface area (Å²) in [5.41, 5.74) is 0. The lowest BCUT2D eigenvalue weighted by atomic mass is 10.2. The molecule has 0 aliphatic carbocycles. The average Bonchev–Trinajstić information content (AvgIpc) is 2.11. The predicted molar refractivity (Wildman–Crippen MR) is 68.6 cm³/mol. The maximum atomic E-state index is 4.67. The van der Waals surface area contributed by atoms with Crippen LogP contribution >= 0.6 is 8.07 Å². The molecule has 3 heteroatoms. The van der Waals surface area contributed by atoms with Crippen LogP contribution in [0.15, 0.2) is 4.76 Å². The molecule has 0 aromatic rings. The van der Waals surface area contributed by atoms with Gasteiger partial charge < -0.3 is 4.90 Å². The van der Waals surface area contributed by atoms with E-state index in [2.05, 4.69) is 57.5 Å². The summed E-state index contributed by atoms with van der Waals surface area (Å²) < 4.78 is 4.67. The van der Waals surface area contributed by atoms with E-state index in [-0.39, 0.29) is 8.07 Å². The molecule has 0 aliphatic heterocycles. The molecular formula is C11H25N2P. The summed E-state index contributed by atoms with van der Waals surface area (Å²) in [5, 5.41) is 0. The normalized spacial score (nSPS) is 12.4. The van der Waals surface area contributed by atoms with Gasteiger partial charge in [-0.1, -0.05) is 13.8 Å². The van der Waals surface area contributed by atoms with E-state index in [1.807, 2.05) is 0 Å². The van der Waals surface area contributed by atoms with Crippen molar-refractivity contribution < 1.29 is 0 Å². The maximum Gasteiger partial charge on any atom is 0.0897 e. The van der Waals surface area contributed by atoms with Crippen LogP contribution in [0.1, 0.15) is 41.5 Å². The van der Waals surface area contributed by atoms with Crippen molar-refractivity contribution >= 4 is 14.4 Å². The Labute approximate surface area is 90.6 Å². The highest BCUT2D eigenvalue weighted by Gasteiger charge is 2.09. The minimum absolute atomic E-state index is 0.111. The van der Waals surface area contributed by atoms with Crippen LogP contribution < -0.4 is 0 Å². The highest BCUT2D eigenvalue weighted by Crippen LogP contribution is 2.35. The molecule has 0 fully saturated rings. The lowest BCUT2D eigenvalue weighted by molar-refractivity contribution is 0.302. The lowest BCUT2D eigenvalue weighted by Crippen LogP contribution is -2.35. The molecule has 0 amide bonds. The second kappa shape index (κ2) is 7.23. The van der Waals surface area contributed by atoms with Gasteiger partial charge in [0.1, 0.15) is 0 Å². The molecule has 0 bridgehead atoms. The number of hydrogen-bond acceptors (Lipinski definition) is 1. The zero-order valence-corrected chi connectivity index (χ0v) is 11.4. The zero-order chi connectivity index (χ0) is 11.1. The molecule has 0 spiro atoms. The Hall–Kier alpha value is -0.100. The average molecular weight is 216 g/mol. The first-order valence-corrected chi connectivity index (χ1v) is 7.25. The van der Waals surface area contributed by atoms with Gasteiger partial charge in [-0.05, 0) is 40.0 Å². The molecule has 0 aliphatic rings. The minimum atomic E-state index is -0.111. The standard InChI is InChI=1S/C11H25N2P/c1-7-14(8-2)12-9-13(10(3)4)11(5)6/h9-11H,7-8H2,1-6H3/b12-9+. The van der Waals surface area contributed by atoms with Crippen molar-refractivity contribution in [2.24, 2.45) is 4.76 Å². The van der Waals surface area contributed by atoms with E-state index >= 15 is 0 Å². The molecule has 2 nitrogen and oxygen atoms in total. The summed E-state index contributed by atoms with van der Waals surface area (Å²) in [7, 11) is -0.111. The van der Waals surface area contributed by atoms with Crippen LogP contribution in [0.25, 0.3) is 0 Å². The van der Waals surface area contributed by atoms with Gasteiger partial charge in [-0.25, -0.2) is 0 Å². The van der Waals surface area contributed by atoms with E-state index < -0.39 is 0 Å². The maximum absolute atomic E-state index is 4.67. The molecule has 0 saturated heterocycles. The fourth-order valence-electron chi connectivity index (χ4n) is 1.38. The van der Waals surface area contributed by atoms with Crippen LogP contribution in [0.3, 0.4) is 0 Å². The highest BCUT2D eigenvalue weighted by molar-refractivity contribution is 7.56. The van der Waals surface area contributed by atoms with Gasteiger partial charge in [0.2, 0.25) is 0 Å². The molecular weight excluding hydrogens is 191 g/mol. The number of hydrogen-bond donors (Lipinski definition) is 0. The molecule has 0 aromatic carbocycles. The van der Waals surface area contributed by atoms with Gasteiger partial charge in [0.05, 0.1) is 6.34 Å². The van der Waals surface area contributed by atoms with Crippen LogP contribution in [0.5, 0.6) is 0 Å². The van der Waals surface area contributed by atoms with E-state index in [0.29, 0.717) is 12.1 Å². The third-order valence-electron chi connectivity index (χ3n) is 2.27. The minimum Gasteiger partial charge on any atom is -0.358 e. The lowest BCUT2D eigenvalue weighted by Gasteiger charge is -2.28. The van der Waals surface area contributed by atoms with Gasteiger partial charge in [0, 0.05) is 20.2 Å². The number of nitrogens with zero attached hydrogens (tertiary/aromatic N) is 2. The largest absolute Gasteiger partial charge is 0.358 e. The van der Waals surface area contributed by atoms with Crippen LogP contribution in [-0.2, 0) is 0 Å². The van der Waals surface area contributed by atoms with Crippen molar-refractivity contribution in [2.75, 3.05) is 12.3 Å². The summed E-state index contributed by atoms with van der Waals surface area (Å²) in [6, 6.07) is 1.09. The smallest absolute Gasteiger partial charge is 0.0897 e. The van der Waals surface area contributed by atoms with Gasteiger partial charge in [0.15, 0.2) is 0 Å². The fraction of sp³-hybridized carbons (Fsp3) is 0.909. The summed E-state index contributed by atoms with van der Waals surface area (Å²) in [5.74, 6) is 0. The molecule has 0 saturated carbocycles. The van der Waals surface area contributed by atoms with Gasteiger partial charge in [0.25, 0.3) is 0 Å². The van der Waals surface area contributed by atoms with E-state index in [4.69, 9.17) is 0 Å².